The predicted octanol–water partition coefficient (Wildman–Crippen LogP) is 5.26. The zero-order valence-corrected chi connectivity index (χ0v) is 13.5. The molecule has 0 aliphatic heterocycles. The van der Waals surface area contributed by atoms with Crippen molar-refractivity contribution in [1.82, 2.24) is 0 Å². The quantitative estimate of drug-likeness (QED) is 0.355. The Labute approximate surface area is 111 Å². The lowest BCUT2D eigenvalue weighted by atomic mass is 11.0. The van der Waals surface area contributed by atoms with Gasteiger partial charge in [-0.25, -0.2) is 0 Å². The SMILES string of the molecule is ClCC[Si](Cl)(Cl)Cl.Cl[Si](Cl)(Cl)Cl. The first-order chi connectivity index (χ1) is 5.06. The van der Waals surface area contributed by atoms with Crippen LogP contribution in [0.1, 0.15) is 0 Å². The monoisotopic (exact) mass is 364 g/mol. The van der Waals surface area contributed by atoms with Gasteiger partial charge in [-0.3, -0.25) is 0 Å². The number of rotatable bonds is 2. The highest BCUT2D eigenvalue weighted by molar-refractivity contribution is 7.81. The van der Waals surface area contributed by atoms with Crippen LogP contribution in [-0.4, -0.2) is 17.2 Å². The third-order valence-corrected chi connectivity index (χ3v) is 3.40. The van der Waals surface area contributed by atoms with Gasteiger partial charge < -0.3 is 0 Å². The number of halogens is 8. The van der Waals surface area contributed by atoms with Crippen molar-refractivity contribution in [2.75, 3.05) is 5.88 Å². The van der Waals surface area contributed by atoms with E-state index in [1.165, 1.54) is 0 Å². The minimum Gasteiger partial charge on any atom is -0.127 e. The molecule has 10 heteroatoms. The Kier molecular flexibility index (Phi) is 11.4. The van der Waals surface area contributed by atoms with Crippen LogP contribution >= 0.6 is 89.2 Å². The van der Waals surface area contributed by atoms with Crippen LogP contribution in [0.5, 0.6) is 0 Å². The number of hydrogen-bond donors (Lipinski definition) is 0. The van der Waals surface area contributed by atoms with Crippen LogP contribution < -0.4 is 0 Å². The van der Waals surface area contributed by atoms with Gasteiger partial charge in [-0.2, -0.15) is 0 Å². The van der Waals surface area contributed by atoms with E-state index in [1.807, 2.05) is 0 Å². The highest BCUT2D eigenvalue weighted by Gasteiger charge is 2.22. The summed E-state index contributed by atoms with van der Waals surface area (Å²) in [4.78, 5) is 0. The summed E-state index contributed by atoms with van der Waals surface area (Å²) in [5, 5.41) is -2.72. The summed E-state index contributed by atoms with van der Waals surface area (Å²) < 4.78 is 0. The van der Waals surface area contributed by atoms with E-state index in [-0.39, 0.29) is 0 Å². The van der Waals surface area contributed by atoms with Gasteiger partial charge in [0.2, 0.25) is 0 Å². The fourth-order valence-corrected chi connectivity index (χ4v) is 2.89. The average Bonchev–Trinajstić information content (AvgIpc) is 1.54. The van der Waals surface area contributed by atoms with Gasteiger partial charge in [0.25, 0.3) is 0 Å². The fourth-order valence-electron chi connectivity index (χ4n) is 0.107. The van der Waals surface area contributed by atoms with Gasteiger partial charge in [0.05, 0.1) is 0 Å². The van der Waals surface area contributed by atoms with E-state index in [0.29, 0.717) is 11.9 Å². The molecule has 76 valence electrons. The van der Waals surface area contributed by atoms with E-state index in [4.69, 9.17) is 89.2 Å². The summed E-state index contributed by atoms with van der Waals surface area (Å²) in [6.45, 7) is 0. The molecular formula is C2H4Cl8Si2. The lowest BCUT2D eigenvalue weighted by Crippen LogP contribution is -2.08. The van der Waals surface area contributed by atoms with Crippen molar-refractivity contribution in [3.05, 3.63) is 0 Å². The maximum Gasteiger partial charge on any atom is 0.440 e. The molecule has 0 unspecified atom stereocenters. The lowest BCUT2D eigenvalue weighted by Gasteiger charge is -2.00. The molecule has 0 aliphatic rings. The summed E-state index contributed by atoms with van der Waals surface area (Å²) in [5.41, 5.74) is 0. The van der Waals surface area contributed by atoms with Gasteiger partial charge >= 0.3 is 11.3 Å². The minimum atomic E-state index is -2.72. The second-order valence-electron chi connectivity index (χ2n) is 1.48. The minimum absolute atomic E-state index is 0.447. The van der Waals surface area contributed by atoms with Crippen LogP contribution in [0.3, 0.4) is 0 Å². The first kappa shape index (κ1) is 17.2. The van der Waals surface area contributed by atoms with Crippen molar-refractivity contribution in [2.24, 2.45) is 0 Å². The molecule has 0 fully saturated rings. The van der Waals surface area contributed by atoms with Gasteiger partial charge in [0.1, 0.15) is 0 Å². The molecule has 0 aromatic rings. The first-order valence-electron chi connectivity index (χ1n) is 2.44. The topological polar surface area (TPSA) is 0 Å². The molecule has 0 atom stereocenters. The normalized spacial score (nSPS) is 12.0. The van der Waals surface area contributed by atoms with Crippen LogP contribution in [0.25, 0.3) is 0 Å². The molecule has 0 saturated carbocycles. The Morgan fingerprint density at radius 2 is 1.00 bits per heavy atom. The summed E-state index contributed by atoms with van der Waals surface area (Å²) in [7, 11) is 0. The van der Waals surface area contributed by atoms with Crippen LogP contribution in [0.4, 0.5) is 0 Å². The van der Waals surface area contributed by atoms with Gasteiger partial charge in [0, 0.05) is 5.88 Å². The molecule has 0 radical (unpaired) electrons. The van der Waals surface area contributed by atoms with Crippen molar-refractivity contribution in [1.29, 1.82) is 0 Å². The van der Waals surface area contributed by atoms with Crippen molar-refractivity contribution in [2.45, 2.75) is 6.04 Å². The predicted molar refractivity (Wildman–Crippen MR) is 68.0 cm³/mol. The molecule has 0 amide bonds. The van der Waals surface area contributed by atoms with E-state index >= 15 is 0 Å². The third-order valence-electron chi connectivity index (χ3n) is 0.378. The van der Waals surface area contributed by atoms with Crippen LogP contribution in [-0.2, 0) is 0 Å². The Balaban J connectivity index is 0. The third kappa shape index (κ3) is 38.6. The van der Waals surface area contributed by atoms with Gasteiger partial charge in [-0.15, -0.1) is 89.2 Å². The van der Waals surface area contributed by atoms with Gasteiger partial charge in [-0.05, 0) is 6.04 Å². The zero-order chi connectivity index (χ0) is 10.4. The summed E-state index contributed by atoms with van der Waals surface area (Å²) in [6, 6.07) is -1.83. The van der Waals surface area contributed by atoms with Crippen molar-refractivity contribution in [3.8, 4) is 0 Å². The smallest absolute Gasteiger partial charge is 0.127 e. The first-order valence-corrected chi connectivity index (χ1v) is 14.3. The van der Waals surface area contributed by atoms with Gasteiger partial charge in [-0.1, -0.05) is 0 Å². The standard InChI is InChI=1S/C2H4Cl4Si.Cl4Si/c3-1-2-7(4,5)6;1-5(2,3)4/h1-2H2;. The van der Waals surface area contributed by atoms with Crippen LogP contribution in [0.2, 0.25) is 6.04 Å². The fraction of sp³-hybridized carbons (Fsp3) is 1.00. The largest absolute Gasteiger partial charge is 0.440 e. The molecule has 0 aliphatic carbocycles. The zero-order valence-electron chi connectivity index (χ0n) is 5.44. The van der Waals surface area contributed by atoms with E-state index < -0.39 is 11.3 Å². The second kappa shape index (κ2) is 7.97. The highest BCUT2D eigenvalue weighted by Crippen LogP contribution is 2.24. The molecule has 0 aromatic heterocycles. The highest BCUT2D eigenvalue weighted by atomic mass is 36.0. The molecule has 0 N–H and O–H groups in total. The molecule has 0 spiro atoms. The molecule has 0 bridgehead atoms. The van der Waals surface area contributed by atoms with E-state index in [0.717, 1.165) is 0 Å². The van der Waals surface area contributed by atoms with E-state index in [2.05, 4.69) is 0 Å². The molecule has 0 rings (SSSR count). The van der Waals surface area contributed by atoms with E-state index in [1.54, 1.807) is 0 Å². The van der Waals surface area contributed by atoms with Crippen molar-refractivity contribution < 1.29 is 0 Å². The molecule has 12 heavy (non-hydrogen) atoms. The summed E-state index contributed by atoms with van der Waals surface area (Å²) >= 11 is 41.4. The second-order valence-corrected chi connectivity index (χ2v) is 22.3. The number of alkyl halides is 1. The van der Waals surface area contributed by atoms with Crippen molar-refractivity contribution in [3.63, 3.8) is 0 Å². The molecule has 0 saturated heterocycles. The summed E-state index contributed by atoms with van der Waals surface area (Å²) in [5.74, 6) is 0.447. The average molecular weight is 368 g/mol. The van der Waals surface area contributed by atoms with E-state index in [9.17, 15) is 0 Å². The van der Waals surface area contributed by atoms with Crippen LogP contribution in [0.15, 0.2) is 0 Å². The number of hydrogen-bond acceptors (Lipinski definition) is 0. The summed E-state index contributed by atoms with van der Waals surface area (Å²) in [6.07, 6.45) is 0. The Morgan fingerprint density at radius 3 is 1.00 bits per heavy atom. The molecule has 0 heterocycles. The maximum absolute atomic E-state index is 5.42. The molecule has 0 nitrogen and oxygen atoms in total. The maximum atomic E-state index is 5.42. The molecule has 0 aromatic carbocycles. The Morgan fingerprint density at radius 1 is 0.750 bits per heavy atom. The molecular weight excluding hydrogens is 364 g/mol. The lowest BCUT2D eigenvalue weighted by molar-refractivity contribution is 1.47. The Bertz CT molecular complexity index is 96.6. The van der Waals surface area contributed by atoms with Crippen LogP contribution in [0, 0.1) is 0 Å². The van der Waals surface area contributed by atoms with Crippen molar-refractivity contribution >= 4 is 100 Å². The van der Waals surface area contributed by atoms with Gasteiger partial charge in [0.15, 0.2) is 0 Å². The Hall–Kier alpha value is 2.75.